The zero-order valence-corrected chi connectivity index (χ0v) is 11.2. The molecule has 0 aliphatic rings. The van der Waals surface area contributed by atoms with Crippen molar-refractivity contribution < 1.29 is 4.79 Å². The Morgan fingerprint density at radius 3 is 2.88 bits per heavy atom. The molecule has 94 valence electrons. The SMILES string of the molecule is C=CCN(C)C(=O)c1sc(NC(C)C)nc1N. The number of nitrogens with zero attached hydrogens (tertiary/aromatic N) is 2. The lowest BCUT2D eigenvalue weighted by Gasteiger charge is -2.13. The van der Waals surface area contributed by atoms with E-state index in [1.807, 2.05) is 13.8 Å². The van der Waals surface area contributed by atoms with Gasteiger partial charge in [-0.1, -0.05) is 17.4 Å². The van der Waals surface area contributed by atoms with Crippen molar-refractivity contribution in [3.63, 3.8) is 0 Å². The first-order valence-corrected chi connectivity index (χ1v) is 6.16. The summed E-state index contributed by atoms with van der Waals surface area (Å²) in [6.07, 6.45) is 1.67. The Bertz CT molecular complexity index is 414. The van der Waals surface area contributed by atoms with Gasteiger partial charge in [-0.3, -0.25) is 4.79 Å². The molecule has 1 rings (SSSR count). The van der Waals surface area contributed by atoms with Gasteiger partial charge in [0.15, 0.2) is 5.13 Å². The number of anilines is 2. The van der Waals surface area contributed by atoms with Crippen molar-refractivity contribution in [1.29, 1.82) is 0 Å². The van der Waals surface area contributed by atoms with Crippen LogP contribution in [0.2, 0.25) is 0 Å². The van der Waals surface area contributed by atoms with Crippen LogP contribution >= 0.6 is 11.3 Å². The molecule has 17 heavy (non-hydrogen) atoms. The molecule has 0 bridgehead atoms. The van der Waals surface area contributed by atoms with Gasteiger partial charge in [0.25, 0.3) is 5.91 Å². The summed E-state index contributed by atoms with van der Waals surface area (Å²) in [7, 11) is 1.71. The van der Waals surface area contributed by atoms with Crippen LogP contribution in [-0.2, 0) is 0 Å². The summed E-state index contributed by atoms with van der Waals surface area (Å²) in [5.41, 5.74) is 5.74. The van der Waals surface area contributed by atoms with Crippen LogP contribution in [0.15, 0.2) is 12.7 Å². The van der Waals surface area contributed by atoms with Crippen LogP contribution in [0.5, 0.6) is 0 Å². The number of thiazole rings is 1. The van der Waals surface area contributed by atoms with E-state index in [2.05, 4.69) is 16.9 Å². The number of rotatable bonds is 5. The largest absolute Gasteiger partial charge is 0.382 e. The highest BCUT2D eigenvalue weighted by molar-refractivity contribution is 7.18. The Morgan fingerprint density at radius 1 is 1.71 bits per heavy atom. The molecule has 0 aliphatic carbocycles. The van der Waals surface area contributed by atoms with E-state index >= 15 is 0 Å². The lowest BCUT2D eigenvalue weighted by molar-refractivity contribution is 0.0815. The fourth-order valence-corrected chi connectivity index (χ4v) is 2.27. The van der Waals surface area contributed by atoms with Gasteiger partial charge in [0.05, 0.1) is 0 Å². The molecule has 0 spiro atoms. The number of carbonyl (C=O) groups is 1. The van der Waals surface area contributed by atoms with Gasteiger partial charge < -0.3 is 16.0 Å². The third kappa shape index (κ3) is 3.45. The summed E-state index contributed by atoms with van der Waals surface area (Å²) in [6, 6.07) is 0.259. The van der Waals surface area contributed by atoms with Gasteiger partial charge in [-0.15, -0.1) is 6.58 Å². The number of likely N-dealkylation sites (N-methyl/N-ethyl adjacent to an activating group) is 1. The highest BCUT2D eigenvalue weighted by atomic mass is 32.1. The second-order valence-corrected chi connectivity index (χ2v) is 5.01. The first-order valence-electron chi connectivity index (χ1n) is 5.35. The van der Waals surface area contributed by atoms with Crippen molar-refractivity contribution in [2.45, 2.75) is 19.9 Å². The molecule has 0 aliphatic heterocycles. The van der Waals surface area contributed by atoms with Crippen molar-refractivity contribution in [2.75, 3.05) is 24.6 Å². The van der Waals surface area contributed by atoms with E-state index < -0.39 is 0 Å². The van der Waals surface area contributed by atoms with Gasteiger partial charge in [0.1, 0.15) is 10.7 Å². The molecule has 1 aromatic heterocycles. The van der Waals surface area contributed by atoms with Crippen LogP contribution in [0, 0.1) is 0 Å². The first-order chi connectivity index (χ1) is 7.95. The molecule has 1 amide bonds. The fourth-order valence-electron chi connectivity index (χ4n) is 1.24. The number of hydrogen-bond acceptors (Lipinski definition) is 5. The van der Waals surface area contributed by atoms with Gasteiger partial charge >= 0.3 is 0 Å². The molecule has 0 radical (unpaired) electrons. The summed E-state index contributed by atoms with van der Waals surface area (Å²) < 4.78 is 0. The van der Waals surface area contributed by atoms with E-state index in [1.54, 1.807) is 18.0 Å². The minimum Gasteiger partial charge on any atom is -0.382 e. The predicted molar refractivity (Wildman–Crippen MR) is 72.4 cm³/mol. The molecule has 0 saturated heterocycles. The molecule has 1 aromatic rings. The van der Waals surface area contributed by atoms with Gasteiger partial charge in [-0.05, 0) is 13.8 Å². The topological polar surface area (TPSA) is 71.2 Å². The van der Waals surface area contributed by atoms with E-state index in [9.17, 15) is 4.79 Å². The summed E-state index contributed by atoms with van der Waals surface area (Å²) in [5.74, 6) is 0.149. The maximum Gasteiger partial charge on any atom is 0.267 e. The Hall–Kier alpha value is -1.56. The molecule has 5 nitrogen and oxygen atoms in total. The molecule has 0 aromatic carbocycles. The lowest BCUT2D eigenvalue weighted by Crippen LogP contribution is -2.26. The van der Waals surface area contributed by atoms with E-state index in [0.717, 1.165) is 0 Å². The van der Waals surface area contributed by atoms with Crippen LogP contribution in [0.25, 0.3) is 0 Å². The van der Waals surface area contributed by atoms with Crippen LogP contribution in [0.3, 0.4) is 0 Å². The van der Waals surface area contributed by atoms with Crippen LogP contribution < -0.4 is 11.1 Å². The van der Waals surface area contributed by atoms with Crippen LogP contribution in [0.1, 0.15) is 23.5 Å². The fraction of sp³-hybridized carbons (Fsp3) is 0.455. The standard InChI is InChI=1S/C11H18N4OS/c1-5-6-15(4)10(16)8-9(12)14-11(17-8)13-7(2)3/h5,7H,1,6,12H2,2-4H3,(H,13,14). The first kappa shape index (κ1) is 13.5. The average molecular weight is 254 g/mol. The van der Waals surface area contributed by atoms with Crippen LogP contribution in [-0.4, -0.2) is 35.4 Å². The normalized spacial score (nSPS) is 10.4. The Balaban J connectivity index is 2.87. The molecule has 0 unspecified atom stereocenters. The summed E-state index contributed by atoms with van der Waals surface area (Å²) in [5, 5.41) is 3.80. The number of hydrogen-bond donors (Lipinski definition) is 2. The van der Waals surface area contributed by atoms with Crippen molar-refractivity contribution in [3.8, 4) is 0 Å². The molecular formula is C11H18N4OS. The number of carbonyl (C=O) groups excluding carboxylic acids is 1. The summed E-state index contributed by atoms with van der Waals surface area (Å²) in [6.45, 7) is 8.09. The number of nitrogens with two attached hydrogens (primary N) is 1. The molecule has 0 atom stereocenters. The quantitative estimate of drug-likeness (QED) is 0.786. The minimum atomic E-state index is -0.128. The summed E-state index contributed by atoms with van der Waals surface area (Å²) in [4.78, 5) is 18.1. The number of nitrogen functional groups attached to an aromatic ring is 1. The van der Waals surface area contributed by atoms with Crippen molar-refractivity contribution in [1.82, 2.24) is 9.88 Å². The third-order valence-electron chi connectivity index (χ3n) is 2.01. The third-order valence-corrected chi connectivity index (χ3v) is 3.00. The summed E-state index contributed by atoms with van der Waals surface area (Å²) >= 11 is 1.28. The number of aromatic nitrogens is 1. The van der Waals surface area contributed by atoms with Gasteiger partial charge in [0.2, 0.25) is 0 Å². The van der Waals surface area contributed by atoms with Crippen molar-refractivity contribution in [3.05, 3.63) is 17.5 Å². The maximum absolute atomic E-state index is 12.0. The van der Waals surface area contributed by atoms with E-state index in [0.29, 0.717) is 16.6 Å². The van der Waals surface area contributed by atoms with E-state index in [4.69, 9.17) is 5.73 Å². The van der Waals surface area contributed by atoms with Crippen LogP contribution in [0.4, 0.5) is 10.9 Å². The van der Waals surface area contributed by atoms with E-state index in [1.165, 1.54) is 11.3 Å². The average Bonchev–Trinajstić information content (AvgIpc) is 2.57. The van der Waals surface area contributed by atoms with Gasteiger partial charge in [-0.2, -0.15) is 0 Å². The monoisotopic (exact) mass is 254 g/mol. The second kappa shape index (κ2) is 5.67. The predicted octanol–water partition coefficient (Wildman–Crippen LogP) is 1.80. The molecule has 1 heterocycles. The van der Waals surface area contributed by atoms with Gasteiger partial charge in [0, 0.05) is 19.6 Å². The molecule has 0 fully saturated rings. The molecule has 3 N–H and O–H groups in total. The smallest absolute Gasteiger partial charge is 0.267 e. The lowest BCUT2D eigenvalue weighted by atomic mass is 10.4. The van der Waals surface area contributed by atoms with E-state index in [-0.39, 0.29) is 17.8 Å². The Labute approximate surface area is 105 Å². The molecule has 0 saturated carbocycles. The Kier molecular flexibility index (Phi) is 4.51. The second-order valence-electron chi connectivity index (χ2n) is 4.01. The highest BCUT2D eigenvalue weighted by Crippen LogP contribution is 2.26. The Morgan fingerprint density at radius 2 is 2.35 bits per heavy atom. The zero-order valence-electron chi connectivity index (χ0n) is 10.4. The minimum absolute atomic E-state index is 0.128. The number of amides is 1. The van der Waals surface area contributed by atoms with Crippen molar-refractivity contribution >= 4 is 28.2 Å². The maximum atomic E-state index is 12.0. The zero-order chi connectivity index (χ0) is 13.0. The highest BCUT2D eigenvalue weighted by Gasteiger charge is 2.19. The number of nitrogens with one attached hydrogen (secondary N) is 1. The molecular weight excluding hydrogens is 236 g/mol. The molecule has 6 heteroatoms. The van der Waals surface area contributed by atoms with Crippen molar-refractivity contribution in [2.24, 2.45) is 0 Å². The van der Waals surface area contributed by atoms with Gasteiger partial charge in [-0.25, -0.2) is 4.98 Å².